The van der Waals surface area contributed by atoms with Crippen LogP contribution in [-0.4, -0.2) is 69.7 Å². The Morgan fingerprint density at radius 3 is 1.75 bits per heavy atom. The minimum atomic E-state index is -0.302. The number of likely N-dealkylation sites (N-methyl/N-ethyl adjacent to an activating group) is 1. The molecule has 2 aliphatic rings. The molecule has 44 heavy (non-hydrogen) atoms. The molecular weight excluding hydrogens is 556 g/mol. The molecule has 1 aromatic heterocycles. The zero-order valence-corrected chi connectivity index (χ0v) is 29.5. The Morgan fingerprint density at radius 1 is 0.818 bits per heavy atom. The third kappa shape index (κ3) is 9.76. The molecule has 0 saturated carbocycles. The highest BCUT2D eigenvalue weighted by atomic mass is 16.7. The van der Waals surface area contributed by atoms with E-state index in [-0.39, 0.29) is 24.6 Å². The second kappa shape index (κ2) is 18.9. The fourth-order valence-corrected chi connectivity index (χ4v) is 6.51. The molecule has 0 amide bonds. The van der Waals surface area contributed by atoms with Gasteiger partial charge in [-0.1, -0.05) is 73.6 Å². The van der Waals surface area contributed by atoms with Gasteiger partial charge in [0.15, 0.2) is 12.6 Å². The van der Waals surface area contributed by atoms with Gasteiger partial charge < -0.3 is 34.0 Å². The van der Waals surface area contributed by atoms with Crippen LogP contribution < -0.4 is 5.32 Å². The van der Waals surface area contributed by atoms with Gasteiger partial charge in [-0.05, 0) is 62.1 Å². The van der Waals surface area contributed by atoms with E-state index >= 15 is 0 Å². The second-order valence-electron chi connectivity index (χ2n) is 12.7. The maximum atomic E-state index is 11.7. The lowest BCUT2D eigenvalue weighted by atomic mass is 9.78. The Bertz CT molecular complexity index is 1020. The number of aromatic nitrogens is 1. The van der Waals surface area contributed by atoms with Crippen LogP contribution in [0.2, 0.25) is 0 Å². The number of esters is 1. The van der Waals surface area contributed by atoms with E-state index in [1.807, 2.05) is 31.3 Å². The fourth-order valence-electron chi connectivity index (χ4n) is 6.51. The van der Waals surface area contributed by atoms with Crippen molar-refractivity contribution in [1.82, 2.24) is 10.3 Å². The van der Waals surface area contributed by atoms with Gasteiger partial charge in [-0.25, -0.2) is 0 Å². The predicted octanol–water partition coefficient (Wildman–Crippen LogP) is 7.21. The van der Waals surface area contributed by atoms with E-state index in [1.165, 1.54) is 0 Å². The molecule has 0 spiro atoms. The Kier molecular flexibility index (Phi) is 16.4. The van der Waals surface area contributed by atoms with Gasteiger partial charge >= 0.3 is 5.97 Å². The quantitative estimate of drug-likeness (QED) is 0.287. The Balaban J connectivity index is 0.000000235. The molecule has 2 N–H and O–H groups in total. The van der Waals surface area contributed by atoms with E-state index < -0.39 is 0 Å². The molecule has 2 fully saturated rings. The normalized spacial score (nSPS) is 32.5. The summed E-state index contributed by atoms with van der Waals surface area (Å²) in [4.78, 5) is 15.0. The number of carbonyl (C=O) groups excluding carboxylic acids is 1. The van der Waals surface area contributed by atoms with Crippen LogP contribution in [0.3, 0.4) is 0 Å². The van der Waals surface area contributed by atoms with E-state index in [0.717, 1.165) is 29.3 Å². The number of hydrogen-bond donors (Lipinski definition) is 2. The first-order valence-corrected chi connectivity index (χ1v) is 16.7. The van der Waals surface area contributed by atoms with Gasteiger partial charge in [-0.2, -0.15) is 0 Å². The van der Waals surface area contributed by atoms with Crippen molar-refractivity contribution in [3.8, 4) is 0 Å². The van der Waals surface area contributed by atoms with Crippen LogP contribution in [0.15, 0.2) is 30.5 Å². The van der Waals surface area contributed by atoms with E-state index in [1.54, 1.807) is 21.3 Å². The number of aromatic amines is 1. The van der Waals surface area contributed by atoms with Crippen molar-refractivity contribution in [3.05, 3.63) is 36.0 Å². The largest absolute Gasteiger partial charge is 0.465 e. The molecule has 0 bridgehead atoms. The molecule has 11 atom stereocenters. The Hall–Kier alpha value is -1.97. The van der Waals surface area contributed by atoms with E-state index in [0.29, 0.717) is 60.7 Å². The van der Waals surface area contributed by atoms with Gasteiger partial charge in [0.05, 0.1) is 18.8 Å². The average Bonchev–Trinajstić information content (AvgIpc) is 3.45. The highest BCUT2D eigenvalue weighted by Crippen LogP contribution is 2.37. The van der Waals surface area contributed by atoms with E-state index in [2.05, 4.69) is 71.8 Å². The molecule has 2 saturated heterocycles. The summed E-state index contributed by atoms with van der Waals surface area (Å²) in [5.41, 5.74) is 2.21. The number of ether oxygens (including phenoxy) is 5. The van der Waals surface area contributed by atoms with Crippen molar-refractivity contribution < 1.29 is 28.5 Å². The zero-order valence-electron chi connectivity index (χ0n) is 29.5. The first-order chi connectivity index (χ1) is 21.0. The van der Waals surface area contributed by atoms with Gasteiger partial charge in [0.2, 0.25) is 0 Å². The SMILES string of the molecule is CCC1OC(OC)C(C)C(C)C1C.CCC1OC(OC)C(C)C(C)C1C.CCOC(=O)C(Cc1c[nH]c2ccccc12)NC. The van der Waals surface area contributed by atoms with Crippen molar-refractivity contribution in [2.24, 2.45) is 35.5 Å². The molecular formula is C36H62N2O6. The van der Waals surface area contributed by atoms with Crippen LogP contribution in [0.25, 0.3) is 10.9 Å². The summed E-state index contributed by atoms with van der Waals surface area (Å²) >= 11 is 0. The van der Waals surface area contributed by atoms with Gasteiger partial charge in [-0.3, -0.25) is 4.79 Å². The zero-order chi connectivity index (χ0) is 33.0. The summed E-state index contributed by atoms with van der Waals surface area (Å²) in [6.45, 7) is 20.2. The number of para-hydroxylation sites is 1. The molecule has 0 aliphatic carbocycles. The van der Waals surface area contributed by atoms with Crippen molar-refractivity contribution in [2.75, 3.05) is 27.9 Å². The first-order valence-electron chi connectivity index (χ1n) is 16.7. The van der Waals surface area contributed by atoms with Crippen LogP contribution in [0, 0.1) is 35.5 Å². The number of rotatable bonds is 9. The summed E-state index contributed by atoms with van der Waals surface area (Å²) in [7, 11) is 5.24. The Labute approximate surface area is 267 Å². The van der Waals surface area contributed by atoms with Crippen LogP contribution in [-0.2, 0) is 34.9 Å². The molecule has 2 aromatic rings. The summed E-state index contributed by atoms with van der Waals surface area (Å²) in [6.07, 6.45) is 5.48. The van der Waals surface area contributed by atoms with Gasteiger partial charge in [0.25, 0.3) is 0 Å². The highest BCUT2D eigenvalue weighted by Gasteiger charge is 2.39. The molecule has 4 rings (SSSR count). The summed E-state index contributed by atoms with van der Waals surface area (Å²) in [5.74, 6) is 3.46. The minimum Gasteiger partial charge on any atom is -0.465 e. The summed E-state index contributed by atoms with van der Waals surface area (Å²) in [5, 5.41) is 4.16. The first kappa shape index (κ1) is 38.2. The maximum Gasteiger partial charge on any atom is 0.323 e. The lowest BCUT2D eigenvalue weighted by Gasteiger charge is -2.42. The van der Waals surface area contributed by atoms with Gasteiger partial charge in [0.1, 0.15) is 6.04 Å². The number of fused-ring (bicyclic) bond motifs is 1. The molecule has 1 aromatic carbocycles. The number of H-pyrrole nitrogens is 1. The van der Waals surface area contributed by atoms with Gasteiger partial charge in [-0.15, -0.1) is 0 Å². The number of nitrogens with one attached hydrogen (secondary N) is 2. The average molecular weight is 619 g/mol. The summed E-state index contributed by atoms with van der Waals surface area (Å²) in [6, 6.07) is 7.77. The lowest BCUT2D eigenvalue weighted by molar-refractivity contribution is -0.237. The molecule has 0 radical (unpaired) electrons. The van der Waals surface area contributed by atoms with Crippen molar-refractivity contribution in [1.29, 1.82) is 0 Å². The third-order valence-corrected chi connectivity index (χ3v) is 10.3. The molecule has 3 heterocycles. The molecule has 8 heteroatoms. The summed E-state index contributed by atoms with van der Waals surface area (Å²) < 4.78 is 27.4. The van der Waals surface area contributed by atoms with E-state index in [4.69, 9.17) is 23.7 Å². The number of hydrogen-bond acceptors (Lipinski definition) is 7. The standard InChI is InChI=1S/C14H18N2O2.2C11H22O2/c1-3-18-14(17)13(15-2)8-10-9-16-12-7-5-4-6-11(10)12;2*1-6-10-8(3)7(2)9(4)11(12-5)13-10/h4-7,9,13,15-16H,3,8H2,1-2H3;2*7-11H,6H2,1-5H3. The van der Waals surface area contributed by atoms with Crippen molar-refractivity contribution >= 4 is 16.9 Å². The number of methoxy groups -OCH3 is 2. The monoisotopic (exact) mass is 618 g/mol. The van der Waals surface area contributed by atoms with Crippen LogP contribution in [0.1, 0.15) is 80.7 Å². The van der Waals surface area contributed by atoms with Crippen molar-refractivity contribution in [3.63, 3.8) is 0 Å². The molecule has 252 valence electrons. The number of benzene rings is 1. The fraction of sp³-hybridized carbons (Fsp3) is 0.750. The molecule has 2 aliphatic heterocycles. The second-order valence-corrected chi connectivity index (χ2v) is 12.7. The van der Waals surface area contributed by atoms with Crippen LogP contribution in [0.5, 0.6) is 0 Å². The smallest absolute Gasteiger partial charge is 0.323 e. The predicted molar refractivity (Wildman–Crippen MR) is 178 cm³/mol. The molecule has 11 unspecified atom stereocenters. The Morgan fingerprint density at radius 2 is 1.32 bits per heavy atom. The van der Waals surface area contributed by atoms with Gasteiger partial charge in [0, 0.05) is 49.6 Å². The van der Waals surface area contributed by atoms with Crippen LogP contribution >= 0.6 is 0 Å². The van der Waals surface area contributed by atoms with E-state index in [9.17, 15) is 4.79 Å². The molecule has 8 nitrogen and oxygen atoms in total. The third-order valence-electron chi connectivity index (χ3n) is 10.3. The minimum absolute atomic E-state index is 0.00356. The van der Waals surface area contributed by atoms with Crippen LogP contribution in [0.4, 0.5) is 0 Å². The topological polar surface area (TPSA) is 91.0 Å². The number of carbonyl (C=O) groups is 1. The lowest BCUT2D eigenvalue weighted by Crippen LogP contribution is -2.45. The van der Waals surface area contributed by atoms with Crippen molar-refractivity contribution in [2.45, 2.75) is 112 Å². The maximum absolute atomic E-state index is 11.7. The highest BCUT2D eigenvalue weighted by molar-refractivity contribution is 5.84.